The van der Waals surface area contributed by atoms with Crippen LogP contribution in [-0.2, 0) is 0 Å². The second-order valence-electron chi connectivity index (χ2n) is 4.95. The molecule has 25 heavy (non-hydrogen) atoms. The van der Waals surface area contributed by atoms with E-state index in [0.717, 1.165) is 0 Å². The number of fused-ring (bicyclic) bond motifs is 1. The molecule has 1 amide bonds. The topological polar surface area (TPSA) is 112 Å². The summed E-state index contributed by atoms with van der Waals surface area (Å²) in [5.74, 6) is 0.733. The van der Waals surface area contributed by atoms with Crippen molar-refractivity contribution in [2.45, 2.75) is 0 Å². The molecule has 0 aliphatic carbocycles. The van der Waals surface area contributed by atoms with Crippen LogP contribution in [0, 0.1) is 10.1 Å². The normalized spacial score (nSPS) is 12.2. The fourth-order valence-electron chi connectivity index (χ4n) is 2.20. The standard InChI is InChI=1S/C16H13N3O6/c1-23-12-4-2-3-10(5-12)16(20)18-17-8-11-6-14-15(25-9-24-14)7-13(11)19(21)22/h2-8H,9H2,1H3,(H,18,20)/b17-8+. The third-order valence-electron chi connectivity index (χ3n) is 3.42. The number of carbonyl (C=O) groups excluding carboxylic acids is 1. The van der Waals surface area contributed by atoms with Crippen molar-refractivity contribution in [2.24, 2.45) is 5.10 Å². The monoisotopic (exact) mass is 343 g/mol. The Bertz CT molecular complexity index is 865. The average molecular weight is 343 g/mol. The highest BCUT2D eigenvalue weighted by Crippen LogP contribution is 2.37. The lowest BCUT2D eigenvalue weighted by atomic mass is 10.1. The molecule has 1 heterocycles. The second kappa shape index (κ2) is 6.87. The number of nitrogens with one attached hydrogen (secondary N) is 1. The van der Waals surface area contributed by atoms with Crippen LogP contribution in [0.3, 0.4) is 0 Å². The molecule has 9 heteroatoms. The van der Waals surface area contributed by atoms with E-state index in [0.29, 0.717) is 22.8 Å². The number of nitro benzene ring substituents is 1. The van der Waals surface area contributed by atoms with E-state index in [1.807, 2.05) is 0 Å². The Morgan fingerprint density at radius 2 is 2.08 bits per heavy atom. The lowest BCUT2D eigenvalue weighted by molar-refractivity contribution is -0.385. The molecule has 0 aromatic heterocycles. The largest absolute Gasteiger partial charge is 0.497 e. The molecule has 1 N–H and O–H groups in total. The molecule has 0 fully saturated rings. The fraction of sp³-hybridized carbons (Fsp3) is 0.125. The zero-order chi connectivity index (χ0) is 17.8. The van der Waals surface area contributed by atoms with Gasteiger partial charge in [-0.3, -0.25) is 14.9 Å². The smallest absolute Gasteiger partial charge is 0.282 e. The van der Waals surface area contributed by atoms with Crippen molar-refractivity contribution in [3.8, 4) is 17.2 Å². The molecule has 0 saturated carbocycles. The third kappa shape index (κ3) is 3.50. The lowest BCUT2D eigenvalue weighted by Gasteiger charge is -2.03. The van der Waals surface area contributed by atoms with Crippen molar-refractivity contribution in [2.75, 3.05) is 13.9 Å². The van der Waals surface area contributed by atoms with Gasteiger partial charge in [-0.15, -0.1) is 0 Å². The number of amides is 1. The fourth-order valence-corrected chi connectivity index (χ4v) is 2.20. The molecule has 1 aliphatic rings. The van der Waals surface area contributed by atoms with Crippen LogP contribution in [0.1, 0.15) is 15.9 Å². The van der Waals surface area contributed by atoms with Crippen molar-refractivity contribution in [3.05, 3.63) is 57.6 Å². The first-order valence-electron chi connectivity index (χ1n) is 7.14. The molecule has 9 nitrogen and oxygen atoms in total. The molecular weight excluding hydrogens is 330 g/mol. The van der Waals surface area contributed by atoms with Crippen LogP contribution in [0.2, 0.25) is 0 Å². The summed E-state index contributed by atoms with van der Waals surface area (Å²) in [7, 11) is 1.49. The minimum absolute atomic E-state index is 0.000337. The molecule has 3 rings (SSSR count). The van der Waals surface area contributed by atoms with Gasteiger partial charge in [-0.1, -0.05) is 6.07 Å². The van der Waals surface area contributed by atoms with Crippen molar-refractivity contribution in [1.29, 1.82) is 0 Å². The zero-order valence-electron chi connectivity index (χ0n) is 13.1. The molecule has 0 saturated heterocycles. The number of nitrogens with zero attached hydrogens (tertiary/aromatic N) is 2. The van der Waals surface area contributed by atoms with Gasteiger partial charge in [-0.05, 0) is 24.3 Å². The predicted octanol–water partition coefficient (Wildman–Crippen LogP) is 2.10. The van der Waals surface area contributed by atoms with Crippen LogP contribution in [-0.4, -0.2) is 30.9 Å². The van der Waals surface area contributed by atoms with E-state index >= 15 is 0 Å². The number of rotatable bonds is 5. The first-order chi connectivity index (χ1) is 12.1. The van der Waals surface area contributed by atoms with Gasteiger partial charge in [0.25, 0.3) is 11.6 Å². The van der Waals surface area contributed by atoms with Gasteiger partial charge in [0.2, 0.25) is 6.79 Å². The van der Waals surface area contributed by atoms with Crippen molar-refractivity contribution in [1.82, 2.24) is 5.43 Å². The van der Waals surface area contributed by atoms with Crippen molar-refractivity contribution < 1.29 is 23.9 Å². The summed E-state index contributed by atoms with van der Waals surface area (Å²) in [6.45, 7) is -0.000337. The molecule has 0 unspecified atom stereocenters. The van der Waals surface area contributed by atoms with E-state index in [9.17, 15) is 14.9 Å². The summed E-state index contributed by atoms with van der Waals surface area (Å²) >= 11 is 0. The van der Waals surface area contributed by atoms with Crippen LogP contribution >= 0.6 is 0 Å². The Labute approximate surface area is 142 Å². The van der Waals surface area contributed by atoms with Crippen LogP contribution in [0.25, 0.3) is 0 Å². The Morgan fingerprint density at radius 3 is 2.80 bits per heavy atom. The third-order valence-corrected chi connectivity index (χ3v) is 3.42. The van der Waals surface area contributed by atoms with Gasteiger partial charge in [0.15, 0.2) is 11.5 Å². The van der Waals surface area contributed by atoms with Crippen molar-refractivity contribution >= 4 is 17.8 Å². The highest BCUT2D eigenvalue weighted by atomic mass is 16.7. The molecular formula is C16H13N3O6. The summed E-state index contributed by atoms with van der Waals surface area (Å²) in [6.07, 6.45) is 1.18. The number of benzene rings is 2. The number of carbonyl (C=O) groups is 1. The van der Waals surface area contributed by atoms with E-state index < -0.39 is 10.8 Å². The summed E-state index contributed by atoms with van der Waals surface area (Å²) in [4.78, 5) is 22.6. The number of hydrazone groups is 1. The molecule has 128 valence electrons. The van der Waals surface area contributed by atoms with E-state index in [2.05, 4.69) is 10.5 Å². The van der Waals surface area contributed by atoms with Gasteiger partial charge >= 0.3 is 0 Å². The molecule has 0 spiro atoms. The van der Waals surface area contributed by atoms with E-state index in [1.165, 1.54) is 25.5 Å². The maximum atomic E-state index is 12.1. The van der Waals surface area contributed by atoms with Crippen molar-refractivity contribution in [3.63, 3.8) is 0 Å². The quantitative estimate of drug-likeness (QED) is 0.505. The second-order valence-corrected chi connectivity index (χ2v) is 4.95. The minimum atomic E-state index is -0.562. The number of hydrogen-bond donors (Lipinski definition) is 1. The van der Waals surface area contributed by atoms with Gasteiger partial charge < -0.3 is 14.2 Å². The number of ether oxygens (including phenoxy) is 3. The Hall–Kier alpha value is -3.62. The highest BCUT2D eigenvalue weighted by Gasteiger charge is 2.22. The van der Waals surface area contributed by atoms with Gasteiger partial charge in [-0.2, -0.15) is 5.10 Å². The Morgan fingerprint density at radius 1 is 1.32 bits per heavy atom. The first kappa shape index (κ1) is 16.2. The summed E-state index contributed by atoms with van der Waals surface area (Å²) in [5.41, 5.74) is 2.63. The molecule has 0 bridgehead atoms. The van der Waals surface area contributed by atoms with Gasteiger partial charge in [0, 0.05) is 5.56 Å². The number of nitro groups is 1. The molecule has 0 atom stereocenters. The SMILES string of the molecule is COc1cccc(C(=O)N/N=C/c2cc3c(cc2[N+](=O)[O-])OCO3)c1. The average Bonchev–Trinajstić information content (AvgIpc) is 3.08. The lowest BCUT2D eigenvalue weighted by Crippen LogP contribution is -2.17. The molecule has 2 aromatic rings. The molecule has 0 radical (unpaired) electrons. The summed E-state index contributed by atoms with van der Waals surface area (Å²) in [6, 6.07) is 9.20. The predicted molar refractivity (Wildman–Crippen MR) is 87.3 cm³/mol. The minimum Gasteiger partial charge on any atom is -0.497 e. The van der Waals surface area contributed by atoms with E-state index in [-0.39, 0.29) is 18.0 Å². The van der Waals surface area contributed by atoms with Crippen LogP contribution in [0.4, 0.5) is 5.69 Å². The summed E-state index contributed by atoms with van der Waals surface area (Å²) in [5, 5.41) is 14.9. The molecule has 2 aromatic carbocycles. The number of hydrogen-bond acceptors (Lipinski definition) is 7. The van der Waals surface area contributed by atoms with Crippen LogP contribution in [0.15, 0.2) is 41.5 Å². The molecule has 1 aliphatic heterocycles. The maximum Gasteiger partial charge on any atom is 0.282 e. The van der Waals surface area contributed by atoms with Crippen LogP contribution in [0.5, 0.6) is 17.2 Å². The van der Waals surface area contributed by atoms with Gasteiger partial charge in [-0.25, -0.2) is 5.43 Å². The Balaban J connectivity index is 1.78. The maximum absolute atomic E-state index is 12.1. The van der Waals surface area contributed by atoms with Gasteiger partial charge in [0.05, 0.1) is 29.9 Å². The Kier molecular flexibility index (Phi) is 4.46. The summed E-state index contributed by atoms with van der Waals surface area (Å²) < 4.78 is 15.3. The van der Waals surface area contributed by atoms with E-state index in [1.54, 1.807) is 24.3 Å². The van der Waals surface area contributed by atoms with E-state index in [4.69, 9.17) is 14.2 Å². The van der Waals surface area contributed by atoms with Gasteiger partial charge in [0.1, 0.15) is 5.75 Å². The first-order valence-corrected chi connectivity index (χ1v) is 7.14. The highest BCUT2D eigenvalue weighted by molar-refractivity contribution is 5.95. The van der Waals surface area contributed by atoms with Crippen LogP contribution < -0.4 is 19.6 Å². The zero-order valence-corrected chi connectivity index (χ0v) is 13.1. The number of methoxy groups -OCH3 is 1.